The number of benzene rings is 1. The molecule has 0 aliphatic rings. The van der Waals surface area contributed by atoms with Gasteiger partial charge >= 0.3 is 0 Å². The lowest BCUT2D eigenvalue weighted by Crippen LogP contribution is -2.17. The van der Waals surface area contributed by atoms with Crippen LogP contribution in [0.1, 0.15) is 60.3 Å². The first kappa shape index (κ1) is 15.8. The predicted octanol–water partition coefficient (Wildman–Crippen LogP) is 4.02. The van der Waals surface area contributed by atoms with Crippen molar-refractivity contribution < 1.29 is 0 Å². The van der Waals surface area contributed by atoms with Crippen LogP contribution in [0.5, 0.6) is 0 Å². The Balaban J connectivity index is 2.18. The van der Waals surface area contributed by atoms with Crippen molar-refractivity contribution in [1.29, 1.82) is 0 Å². The van der Waals surface area contributed by atoms with Gasteiger partial charge in [-0.15, -0.1) is 0 Å². The molecule has 0 radical (unpaired) electrons. The standard InChI is InChI=1S/C18H27N3/c1-6-15(5)21-8-7-16(20-21)11-17(19)18-13(3)9-12(2)10-14(18)4/h7-10,15,17H,6,11,19H2,1-5H3. The molecular formula is C18H27N3. The number of aromatic nitrogens is 2. The molecule has 0 spiro atoms. The van der Waals surface area contributed by atoms with Crippen LogP contribution >= 0.6 is 0 Å². The third-order valence-corrected chi connectivity index (χ3v) is 4.24. The average molecular weight is 285 g/mol. The first-order valence-corrected chi connectivity index (χ1v) is 7.79. The van der Waals surface area contributed by atoms with E-state index < -0.39 is 0 Å². The van der Waals surface area contributed by atoms with Gasteiger partial charge in [0.15, 0.2) is 0 Å². The zero-order chi connectivity index (χ0) is 15.6. The largest absolute Gasteiger partial charge is 0.324 e. The fraction of sp³-hybridized carbons (Fsp3) is 0.500. The second-order valence-corrected chi connectivity index (χ2v) is 6.17. The average Bonchev–Trinajstić information content (AvgIpc) is 2.85. The van der Waals surface area contributed by atoms with Gasteiger partial charge in [-0.3, -0.25) is 4.68 Å². The molecule has 2 aromatic rings. The second-order valence-electron chi connectivity index (χ2n) is 6.17. The first-order valence-electron chi connectivity index (χ1n) is 7.79. The molecule has 114 valence electrons. The summed E-state index contributed by atoms with van der Waals surface area (Å²) in [5.41, 5.74) is 12.6. The van der Waals surface area contributed by atoms with Gasteiger partial charge in [-0.05, 0) is 56.9 Å². The van der Waals surface area contributed by atoms with E-state index in [0.29, 0.717) is 6.04 Å². The summed E-state index contributed by atoms with van der Waals surface area (Å²) in [6.45, 7) is 10.8. The van der Waals surface area contributed by atoms with Gasteiger partial charge in [0, 0.05) is 24.7 Å². The summed E-state index contributed by atoms with van der Waals surface area (Å²) in [6.07, 6.45) is 3.93. The van der Waals surface area contributed by atoms with Gasteiger partial charge in [-0.1, -0.05) is 24.6 Å². The molecule has 21 heavy (non-hydrogen) atoms. The van der Waals surface area contributed by atoms with Crippen molar-refractivity contribution in [3.05, 3.63) is 52.3 Å². The van der Waals surface area contributed by atoms with Crippen LogP contribution in [0.4, 0.5) is 0 Å². The highest BCUT2D eigenvalue weighted by Gasteiger charge is 2.15. The Bertz CT molecular complexity index is 590. The molecule has 2 rings (SSSR count). The molecule has 1 aromatic carbocycles. The van der Waals surface area contributed by atoms with Crippen molar-refractivity contribution in [3.8, 4) is 0 Å². The van der Waals surface area contributed by atoms with Crippen LogP contribution in [0, 0.1) is 20.8 Å². The van der Waals surface area contributed by atoms with E-state index in [-0.39, 0.29) is 6.04 Å². The molecule has 0 fully saturated rings. The van der Waals surface area contributed by atoms with Crippen LogP contribution in [0.2, 0.25) is 0 Å². The lowest BCUT2D eigenvalue weighted by Gasteiger charge is -2.17. The number of aryl methyl sites for hydroxylation is 3. The lowest BCUT2D eigenvalue weighted by atomic mass is 9.92. The number of nitrogens with two attached hydrogens (primary N) is 1. The van der Waals surface area contributed by atoms with Gasteiger partial charge in [-0.2, -0.15) is 5.10 Å². The van der Waals surface area contributed by atoms with Gasteiger partial charge in [0.05, 0.1) is 5.69 Å². The minimum absolute atomic E-state index is 0.00545. The number of hydrogen-bond donors (Lipinski definition) is 1. The Morgan fingerprint density at radius 1 is 1.19 bits per heavy atom. The Hall–Kier alpha value is -1.61. The summed E-state index contributed by atoms with van der Waals surface area (Å²) in [4.78, 5) is 0. The molecule has 2 atom stereocenters. The molecule has 0 saturated carbocycles. The highest BCUT2D eigenvalue weighted by Crippen LogP contribution is 2.24. The van der Waals surface area contributed by atoms with Crippen molar-refractivity contribution in [3.63, 3.8) is 0 Å². The van der Waals surface area contributed by atoms with E-state index in [1.165, 1.54) is 22.3 Å². The molecule has 1 heterocycles. The summed E-state index contributed by atoms with van der Waals surface area (Å²) in [5.74, 6) is 0. The van der Waals surface area contributed by atoms with Gasteiger partial charge in [0.25, 0.3) is 0 Å². The van der Waals surface area contributed by atoms with Gasteiger partial charge in [0.1, 0.15) is 0 Å². The molecule has 0 bridgehead atoms. The number of rotatable bonds is 5. The molecule has 3 nitrogen and oxygen atoms in total. The van der Waals surface area contributed by atoms with E-state index in [1.807, 2.05) is 4.68 Å². The molecule has 0 aliphatic heterocycles. The molecule has 0 saturated heterocycles. The summed E-state index contributed by atoms with van der Waals surface area (Å²) in [6, 6.07) is 6.95. The van der Waals surface area contributed by atoms with Crippen molar-refractivity contribution >= 4 is 0 Å². The van der Waals surface area contributed by atoms with Crippen LogP contribution in [0.3, 0.4) is 0 Å². The van der Waals surface area contributed by atoms with E-state index in [9.17, 15) is 0 Å². The van der Waals surface area contributed by atoms with Crippen molar-refractivity contribution in [1.82, 2.24) is 9.78 Å². The minimum atomic E-state index is 0.00545. The predicted molar refractivity (Wildman–Crippen MR) is 88.5 cm³/mol. The Morgan fingerprint density at radius 3 is 2.38 bits per heavy atom. The second kappa shape index (κ2) is 6.44. The van der Waals surface area contributed by atoms with Crippen LogP contribution in [0.15, 0.2) is 24.4 Å². The van der Waals surface area contributed by atoms with E-state index >= 15 is 0 Å². The SMILES string of the molecule is CCC(C)n1ccc(CC(N)c2c(C)cc(C)cc2C)n1. The third kappa shape index (κ3) is 3.53. The van der Waals surface area contributed by atoms with Crippen molar-refractivity contribution in [2.24, 2.45) is 5.73 Å². The van der Waals surface area contributed by atoms with E-state index in [2.05, 4.69) is 64.1 Å². The molecule has 1 aromatic heterocycles. The summed E-state index contributed by atoms with van der Waals surface area (Å²) in [5, 5.41) is 4.66. The van der Waals surface area contributed by atoms with Crippen LogP contribution in [0.25, 0.3) is 0 Å². The van der Waals surface area contributed by atoms with E-state index in [1.54, 1.807) is 0 Å². The Labute approximate surface area is 128 Å². The fourth-order valence-electron chi connectivity index (χ4n) is 3.02. The molecule has 3 heteroatoms. The third-order valence-electron chi connectivity index (χ3n) is 4.24. The maximum absolute atomic E-state index is 6.45. The Morgan fingerprint density at radius 2 is 1.81 bits per heavy atom. The number of hydrogen-bond acceptors (Lipinski definition) is 2. The van der Waals surface area contributed by atoms with Gasteiger partial charge in [0.2, 0.25) is 0 Å². The summed E-state index contributed by atoms with van der Waals surface area (Å²) >= 11 is 0. The summed E-state index contributed by atoms with van der Waals surface area (Å²) in [7, 11) is 0. The fourth-order valence-corrected chi connectivity index (χ4v) is 3.02. The molecule has 0 aliphatic carbocycles. The van der Waals surface area contributed by atoms with Crippen molar-refractivity contribution in [2.45, 2.75) is 59.5 Å². The first-order chi connectivity index (χ1) is 9.92. The highest BCUT2D eigenvalue weighted by molar-refractivity contribution is 5.40. The normalized spacial score (nSPS) is 14.2. The van der Waals surface area contributed by atoms with Gasteiger partial charge in [-0.25, -0.2) is 0 Å². The maximum atomic E-state index is 6.45. The number of nitrogens with zero attached hydrogens (tertiary/aromatic N) is 2. The van der Waals surface area contributed by atoms with Crippen LogP contribution in [-0.4, -0.2) is 9.78 Å². The van der Waals surface area contributed by atoms with E-state index in [0.717, 1.165) is 18.5 Å². The molecule has 0 amide bonds. The summed E-state index contributed by atoms with van der Waals surface area (Å²) < 4.78 is 2.04. The zero-order valence-corrected chi connectivity index (χ0v) is 13.9. The van der Waals surface area contributed by atoms with Gasteiger partial charge < -0.3 is 5.73 Å². The smallest absolute Gasteiger partial charge is 0.0643 e. The molecule has 2 N–H and O–H groups in total. The topological polar surface area (TPSA) is 43.8 Å². The van der Waals surface area contributed by atoms with E-state index in [4.69, 9.17) is 5.73 Å². The molecular weight excluding hydrogens is 258 g/mol. The quantitative estimate of drug-likeness (QED) is 0.901. The monoisotopic (exact) mass is 285 g/mol. The lowest BCUT2D eigenvalue weighted by molar-refractivity contribution is 0.472. The van der Waals surface area contributed by atoms with Crippen molar-refractivity contribution in [2.75, 3.05) is 0 Å². The Kier molecular flexibility index (Phi) is 4.84. The maximum Gasteiger partial charge on any atom is 0.0643 e. The highest BCUT2D eigenvalue weighted by atomic mass is 15.3. The van der Waals surface area contributed by atoms with Crippen LogP contribution in [-0.2, 0) is 6.42 Å². The zero-order valence-electron chi connectivity index (χ0n) is 13.9. The molecule has 2 unspecified atom stereocenters. The minimum Gasteiger partial charge on any atom is -0.324 e. The van der Waals surface area contributed by atoms with Crippen LogP contribution < -0.4 is 5.73 Å².